The number of carbonyl (C=O) groups is 2. The number of carbonyl (C=O) groups excluding carboxylic acids is 2. The Morgan fingerprint density at radius 2 is 2.00 bits per heavy atom. The molecular weight excluding hydrogens is 216 g/mol. The molecule has 1 aliphatic rings. The molecule has 0 aromatic heterocycles. The van der Waals surface area contributed by atoms with Crippen LogP contribution in [0.3, 0.4) is 0 Å². The molecule has 88 valence electrons. The molecule has 1 aromatic rings. The molecule has 1 aromatic carbocycles. The van der Waals surface area contributed by atoms with Crippen molar-refractivity contribution >= 4 is 17.5 Å². The summed E-state index contributed by atoms with van der Waals surface area (Å²) in [6, 6.07) is 9.24. The highest BCUT2D eigenvalue weighted by Gasteiger charge is 2.22. The molecule has 1 saturated heterocycles. The van der Waals surface area contributed by atoms with Crippen LogP contribution in [-0.2, 0) is 9.59 Å². The third-order valence-corrected chi connectivity index (χ3v) is 2.74. The highest BCUT2D eigenvalue weighted by atomic mass is 16.2. The third-order valence-electron chi connectivity index (χ3n) is 2.74. The second kappa shape index (κ2) is 4.82. The first-order valence-electron chi connectivity index (χ1n) is 5.50. The van der Waals surface area contributed by atoms with Crippen LogP contribution < -0.4 is 5.32 Å². The van der Waals surface area contributed by atoms with E-state index in [1.54, 1.807) is 7.05 Å². The second-order valence-electron chi connectivity index (χ2n) is 3.94. The van der Waals surface area contributed by atoms with Gasteiger partial charge in [-0.3, -0.25) is 9.59 Å². The molecule has 0 radical (unpaired) electrons. The standard InChI is InChI=1S/C13H14N2O2/c1-15-11(7-8-13(15)17)9-12(16)14-10-5-3-2-4-6-10/h2-6,9H,7-8H2,1H3,(H,14,16)/b11-9+. The topological polar surface area (TPSA) is 49.4 Å². The molecule has 1 fully saturated rings. The second-order valence-corrected chi connectivity index (χ2v) is 3.94. The fourth-order valence-electron chi connectivity index (χ4n) is 1.75. The molecule has 2 amide bonds. The average molecular weight is 230 g/mol. The number of amides is 2. The van der Waals surface area contributed by atoms with Crippen LogP contribution in [0, 0.1) is 0 Å². The van der Waals surface area contributed by atoms with Gasteiger partial charge in [0.25, 0.3) is 0 Å². The number of nitrogens with zero attached hydrogens (tertiary/aromatic N) is 1. The van der Waals surface area contributed by atoms with Gasteiger partial charge in [0.15, 0.2) is 0 Å². The Labute approximate surface area is 99.9 Å². The van der Waals surface area contributed by atoms with Gasteiger partial charge in [-0.15, -0.1) is 0 Å². The van der Waals surface area contributed by atoms with E-state index in [1.165, 1.54) is 11.0 Å². The van der Waals surface area contributed by atoms with Gasteiger partial charge in [-0.05, 0) is 18.6 Å². The van der Waals surface area contributed by atoms with E-state index in [2.05, 4.69) is 5.32 Å². The van der Waals surface area contributed by atoms with Gasteiger partial charge < -0.3 is 10.2 Å². The smallest absolute Gasteiger partial charge is 0.250 e. The van der Waals surface area contributed by atoms with Crippen molar-refractivity contribution in [2.45, 2.75) is 12.8 Å². The van der Waals surface area contributed by atoms with Crippen LogP contribution in [0.15, 0.2) is 42.1 Å². The van der Waals surface area contributed by atoms with Crippen molar-refractivity contribution < 1.29 is 9.59 Å². The van der Waals surface area contributed by atoms with Crippen LogP contribution in [-0.4, -0.2) is 23.8 Å². The summed E-state index contributed by atoms with van der Waals surface area (Å²) in [6.07, 6.45) is 2.61. The van der Waals surface area contributed by atoms with Gasteiger partial charge in [0, 0.05) is 30.9 Å². The maximum atomic E-state index is 11.7. The largest absolute Gasteiger partial charge is 0.322 e. The quantitative estimate of drug-likeness (QED) is 0.787. The molecular formula is C13H14N2O2. The lowest BCUT2D eigenvalue weighted by molar-refractivity contribution is -0.125. The zero-order chi connectivity index (χ0) is 12.3. The van der Waals surface area contributed by atoms with Crippen LogP contribution in [0.25, 0.3) is 0 Å². The molecule has 4 heteroatoms. The predicted octanol–water partition coefficient (Wildman–Crippen LogP) is 1.76. The van der Waals surface area contributed by atoms with E-state index in [4.69, 9.17) is 0 Å². The molecule has 1 aliphatic heterocycles. The summed E-state index contributed by atoms with van der Waals surface area (Å²) >= 11 is 0. The van der Waals surface area contributed by atoms with Gasteiger partial charge in [0.2, 0.25) is 11.8 Å². The highest BCUT2D eigenvalue weighted by Crippen LogP contribution is 2.20. The first-order valence-corrected chi connectivity index (χ1v) is 5.50. The Bertz CT molecular complexity index is 466. The normalized spacial score (nSPS) is 17.6. The van der Waals surface area contributed by atoms with Crippen molar-refractivity contribution in [2.24, 2.45) is 0 Å². The van der Waals surface area contributed by atoms with Gasteiger partial charge >= 0.3 is 0 Å². The minimum absolute atomic E-state index is 0.0590. The molecule has 0 saturated carbocycles. The lowest BCUT2D eigenvalue weighted by Gasteiger charge is -2.10. The number of allylic oxidation sites excluding steroid dienone is 1. The number of para-hydroxylation sites is 1. The summed E-state index contributed by atoms with van der Waals surface area (Å²) in [4.78, 5) is 24.5. The Morgan fingerprint density at radius 3 is 2.59 bits per heavy atom. The number of benzene rings is 1. The van der Waals surface area contributed by atoms with Gasteiger partial charge in [-0.1, -0.05) is 18.2 Å². The van der Waals surface area contributed by atoms with E-state index < -0.39 is 0 Å². The van der Waals surface area contributed by atoms with E-state index in [9.17, 15) is 9.59 Å². The van der Waals surface area contributed by atoms with Crippen molar-refractivity contribution in [3.63, 3.8) is 0 Å². The fourth-order valence-corrected chi connectivity index (χ4v) is 1.75. The van der Waals surface area contributed by atoms with E-state index >= 15 is 0 Å². The van der Waals surface area contributed by atoms with Crippen molar-refractivity contribution in [1.82, 2.24) is 4.90 Å². The molecule has 0 bridgehead atoms. The third kappa shape index (κ3) is 2.72. The van der Waals surface area contributed by atoms with Crippen molar-refractivity contribution in [3.8, 4) is 0 Å². The number of anilines is 1. The van der Waals surface area contributed by atoms with Gasteiger partial charge in [0.1, 0.15) is 0 Å². The first kappa shape index (κ1) is 11.4. The minimum atomic E-state index is -0.201. The number of likely N-dealkylation sites (tertiary alicyclic amines) is 1. The zero-order valence-electron chi connectivity index (χ0n) is 9.64. The summed E-state index contributed by atoms with van der Waals surface area (Å²) in [6.45, 7) is 0. The zero-order valence-corrected chi connectivity index (χ0v) is 9.64. The van der Waals surface area contributed by atoms with Crippen molar-refractivity contribution in [1.29, 1.82) is 0 Å². The van der Waals surface area contributed by atoms with Crippen LogP contribution in [0.4, 0.5) is 5.69 Å². The minimum Gasteiger partial charge on any atom is -0.322 e. The van der Waals surface area contributed by atoms with Crippen molar-refractivity contribution in [3.05, 3.63) is 42.1 Å². The predicted molar refractivity (Wildman–Crippen MR) is 65.2 cm³/mol. The molecule has 4 nitrogen and oxygen atoms in total. The summed E-state index contributed by atoms with van der Waals surface area (Å²) in [7, 11) is 1.69. The Kier molecular flexibility index (Phi) is 3.23. The molecule has 0 aliphatic carbocycles. The van der Waals surface area contributed by atoms with Crippen molar-refractivity contribution in [2.75, 3.05) is 12.4 Å². The maximum absolute atomic E-state index is 11.7. The van der Waals surface area contributed by atoms with Crippen LogP contribution in [0.5, 0.6) is 0 Å². The van der Waals surface area contributed by atoms with Gasteiger partial charge in [0.05, 0.1) is 0 Å². The van der Waals surface area contributed by atoms with Gasteiger partial charge in [-0.2, -0.15) is 0 Å². The molecule has 1 N–H and O–H groups in total. The number of hydrogen-bond donors (Lipinski definition) is 1. The Balaban J connectivity index is 2.03. The summed E-state index contributed by atoms with van der Waals surface area (Å²) in [5.41, 5.74) is 1.52. The highest BCUT2D eigenvalue weighted by molar-refractivity contribution is 6.00. The summed E-state index contributed by atoms with van der Waals surface area (Å²) in [5.74, 6) is -0.142. The summed E-state index contributed by atoms with van der Waals surface area (Å²) < 4.78 is 0. The number of hydrogen-bond acceptors (Lipinski definition) is 2. The van der Waals surface area contributed by atoms with Gasteiger partial charge in [-0.25, -0.2) is 0 Å². The number of rotatable bonds is 2. The van der Waals surface area contributed by atoms with E-state index in [1.807, 2.05) is 30.3 Å². The Morgan fingerprint density at radius 1 is 1.29 bits per heavy atom. The Hall–Kier alpha value is -2.10. The molecule has 0 unspecified atom stereocenters. The molecule has 0 atom stereocenters. The lowest BCUT2D eigenvalue weighted by Crippen LogP contribution is -2.19. The first-order chi connectivity index (χ1) is 8.16. The number of nitrogens with one attached hydrogen (secondary N) is 1. The lowest BCUT2D eigenvalue weighted by atomic mass is 10.3. The molecule has 17 heavy (non-hydrogen) atoms. The van der Waals surface area contributed by atoms with Crippen LogP contribution in [0.2, 0.25) is 0 Å². The average Bonchev–Trinajstić information content (AvgIpc) is 2.62. The van der Waals surface area contributed by atoms with E-state index in [-0.39, 0.29) is 11.8 Å². The van der Waals surface area contributed by atoms with E-state index in [0.29, 0.717) is 12.8 Å². The maximum Gasteiger partial charge on any atom is 0.250 e. The van der Waals surface area contributed by atoms with Crippen LogP contribution >= 0.6 is 0 Å². The summed E-state index contributed by atoms with van der Waals surface area (Å²) in [5, 5.41) is 2.75. The van der Waals surface area contributed by atoms with Crippen LogP contribution in [0.1, 0.15) is 12.8 Å². The molecule has 2 rings (SSSR count). The monoisotopic (exact) mass is 230 g/mol. The SMILES string of the molecule is CN1C(=O)CC/C1=C\C(=O)Nc1ccccc1. The fraction of sp³-hybridized carbons (Fsp3) is 0.231. The molecule has 0 spiro atoms. The molecule has 1 heterocycles. The van der Waals surface area contributed by atoms with E-state index in [0.717, 1.165) is 11.4 Å².